The minimum Gasteiger partial charge on any atom is -0.359 e. The Bertz CT molecular complexity index is 1240. The number of carbonyl (C=O) groups excluding carboxylic acids is 4. The Kier molecular flexibility index (Phi) is 5.43. The van der Waals surface area contributed by atoms with Crippen molar-refractivity contribution in [1.29, 1.82) is 0 Å². The van der Waals surface area contributed by atoms with Crippen LogP contribution in [0.5, 0.6) is 0 Å². The van der Waals surface area contributed by atoms with Gasteiger partial charge in [0.05, 0.1) is 22.7 Å². The van der Waals surface area contributed by atoms with Crippen LogP contribution in [0.15, 0.2) is 18.5 Å². The van der Waals surface area contributed by atoms with Crippen molar-refractivity contribution in [3.63, 3.8) is 0 Å². The summed E-state index contributed by atoms with van der Waals surface area (Å²) in [5, 5.41) is 8.98. The maximum Gasteiger partial charge on any atom is 0.295 e. The van der Waals surface area contributed by atoms with E-state index in [4.69, 9.17) is 0 Å². The summed E-state index contributed by atoms with van der Waals surface area (Å²) < 4.78 is 14.7. The minimum atomic E-state index is -0.864. The Labute approximate surface area is 181 Å². The lowest BCUT2D eigenvalue weighted by Gasteiger charge is -2.33. The van der Waals surface area contributed by atoms with E-state index in [0.29, 0.717) is 13.1 Å². The molecule has 4 heterocycles. The van der Waals surface area contributed by atoms with E-state index < -0.39 is 17.5 Å². The highest BCUT2D eigenvalue weighted by atomic mass is 19.1. The minimum absolute atomic E-state index is 0.0831. The number of fused-ring (bicyclic) bond motifs is 1. The number of ketones is 1. The molecule has 0 unspecified atom stereocenters. The lowest BCUT2D eigenvalue weighted by molar-refractivity contribution is -0.135. The van der Waals surface area contributed by atoms with Crippen molar-refractivity contribution in [3.05, 3.63) is 35.5 Å². The van der Waals surface area contributed by atoms with E-state index in [1.165, 1.54) is 31.1 Å². The number of hydrogen-bond donors (Lipinski definition) is 3. The second kappa shape index (κ2) is 8.21. The number of aromatic nitrogens is 4. The summed E-state index contributed by atoms with van der Waals surface area (Å²) in [7, 11) is 1.47. The number of aromatic amines is 2. The molecule has 1 aliphatic rings. The number of amides is 3. The Balaban J connectivity index is 1.65. The van der Waals surface area contributed by atoms with Crippen LogP contribution < -0.4 is 5.32 Å². The largest absolute Gasteiger partial charge is 0.359 e. The van der Waals surface area contributed by atoms with E-state index in [2.05, 4.69) is 25.5 Å². The van der Waals surface area contributed by atoms with E-state index in [0.717, 1.165) is 6.20 Å². The highest BCUT2D eigenvalue weighted by molar-refractivity contribution is 6.45. The molecule has 166 valence electrons. The first kappa shape index (κ1) is 21.2. The lowest BCUT2D eigenvalue weighted by atomic mass is 10.1. The van der Waals surface area contributed by atoms with Gasteiger partial charge in [-0.2, -0.15) is 5.10 Å². The molecule has 0 atom stereocenters. The van der Waals surface area contributed by atoms with Gasteiger partial charge in [-0.15, -0.1) is 0 Å². The summed E-state index contributed by atoms with van der Waals surface area (Å²) >= 11 is 0. The number of nitrogens with one attached hydrogen (secondary N) is 3. The molecule has 32 heavy (non-hydrogen) atoms. The van der Waals surface area contributed by atoms with Gasteiger partial charge in [0, 0.05) is 46.3 Å². The molecule has 0 aliphatic carbocycles. The lowest BCUT2D eigenvalue weighted by Crippen LogP contribution is -2.51. The maximum atomic E-state index is 14.7. The van der Waals surface area contributed by atoms with Gasteiger partial charge in [-0.05, 0) is 6.07 Å². The fourth-order valence-electron chi connectivity index (χ4n) is 3.66. The molecule has 0 aromatic carbocycles. The summed E-state index contributed by atoms with van der Waals surface area (Å²) in [5.74, 6) is -2.89. The third-order valence-electron chi connectivity index (χ3n) is 5.41. The summed E-state index contributed by atoms with van der Waals surface area (Å²) in [5.41, 5.74) is 0.722. The zero-order chi connectivity index (χ0) is 23.0. The number of carbonyl (C=O) groups is 4. The molecule has 4 rings (SSSR count). The summed E-state index contributed by atoms with van der Waals surface area (Å²) in [4.78, 5) is 58.7. The smallest absolute Gasteiger partial charge is 0.295 e. The second-order valence-electron chi connectivity index (χ2n) is 7.28. The summed E-state index contributed by atoms with van der Waals surface area (Å²) in [6, 6.07) is 1.44. The topological polar surface area (TPSA) is 144 Å². The zero-order valence-corrected chi connectivity index (χ0v) is 17.4. The van der Waals surface area contributed by atoms with Crippen LogP contribution in [0.2, 0.25) is 0 Å². The van der Waals surface area contributed by atoms with Crippen molar-refractivity contribution in [2.45, 2.75) is 6.92 Å². The fourth-order valence-corrected chi connectivity index (χ4v) is 3.66. The number of hydrogen-bond acceptors (Lipinski definition) is 6. The van der Waals surface area contributed by atoms with Gasteiger partial charge in [-0.1, -0.05) is 0 Å². The van der Waals surface area contributed by atoms with E-state index in [1.54, 1.807) is 4.90 Å². The predicted molar refractivity (Wildman–Crippen MR) is 110 cm³/mol. The molecule has 1 aliphatic heterocycles. The SMILES string of the molecule is CNC(=O)c1cc(-c2ncc(F)c3c(C(=O)C(=O)N4CCN(C(C)=O)CC4)c[nH]c23)n[nH]1. The molecule has 12 heteroatoms. The molecule has 1 saturated heterocycles. The monoisotopic (exact) mass is 441 g/mol. The van der Waals surface area contributed by atoms with E-state index >= 15 is 0 Å². The molecule has 3 aromatic heterocycles. The Morgan fingerprint density at radius 3 is 2.47 bits per heavy atom. The number of rotatable bonds is 4. The number of pyridine rings is 1. The summed E-state index contributed by atoms with van der Waals surface area (Å²) in [6.45, 7) is 2.55. The van der Waals surface area contributed by atoms with Crippen molar-refractivity contribution in [1.82, 2.24) is 35.3 Å². The molecular formula is C20H20FN7O4. The van der Waals surface area contributed by atoms with Crippen LogP contribution >= 0.6 is 0 Å². The van der Waals surface area contributed by atoms with Gasteiger partial charge in [0.1, 0.15) is 17.1 Å². The first-order valence-electron chi connectivity index (χ1n) is 9.84. The molecule has 3 aromatic rings. The normalized spacial score (nSPS) is 14.0. The van der Waals surface area contributed by atoms with E-state index in [1.807, 2.05) is 0 Å². The van der Waals surface area contributed by atoms with Gasteiger partial charge in [0.15, 0.2) is 5.82 Å². The number of nitrogens with zero attached hydrogens (tertiary/aromatic N) is 4. The molecule has 3 N–H and O–H groups in total. The molecule has 3 amide bonds. The Morgan fingerprint density at radius 1 is 1.12 bits per heavy atom. The summed E-state index contributed by atoms with van der Waals surface area (Å²) in [6.07, 6.45) is 2.20. The van der Waals surface area contributed by atoms with Crippen LogP contribution in [0, 0.1) is 5.82 Å². The van der Waals surface area contributed by atoms with Crippen molar-refractivity contribution >= 4 is 34.4 Å². The van der Waals surface area contributed by atoms with Crippen molar-refractivity contribution in [3.8, 4) is 11.4 Å². The number of piperazine rings is 1. The molecule has 0 bridgehead atoms. The van der Waals surface area contributed by atoms with Gasteiger partial charge in [-0.3, -0.25) is 24.3 Å². The van der Waals surface area contributed by atoms with Crippen LogP contribution in [0.1, 0.15) is 27.8 Å². The van der Waals surface area contributed by atoms with E-state index in [-0.39, 0.29) is 58.5 Å². The Hall–Kier alpha value is -4.09. The maximum absolute atomic E-state index is 14.7. The molecule has 0 spiro atoms. The first-order chi connectivity index (χ1) is 15.3. The molecule has 0 saturated carbocycles. The average Bonchev–Trinajstić information content (AvgIpc) is 3.46. The number of halogens is 1. The average molecular weight is 441 g/mol. The van der Waals surface area contributed by atoms with Gasteiger partial charge in [0.25, 0.3) is 17.6 Å². The van der Waals surface area contributed by atoms with Crippen molar-refractivity contribution in [2.24, 2.45) is 0 Å². The second-order valence-corrected chi connectivity index (χ2v) is 7.28. The van der Waals surface area contributed by atoms with Crippen molar-refractivity contribution < 1.29 is 23.6 Å². The molecular weight excluding hydrogens is 421 g/mol. The third kappa shape index (κ3) is 3.59. The first-order valence-corrected chi connectivity index (χ1v) is 9.84. The van der Waals surface area contributed by atoms with Gasteiger partial charge in [-0.25, -0.2) is 9.37 Å². The molecule has 0 radical (unpaired) electrons. The van der Waals surface area contributed by atoms with Gasteiger partial charge in [0.2, 0.25) is 5.91 Å². The third-order valence-corrected chi connectivity index (χ3v) is 5.41. The Morgan fingerprint density at radius 2 is 1.81 bits per heavy atom. The molecule has 1 fully saturated rings. The highest BCUT2D eigenvalue weighted by Crippen LogP contribution is 2.29. The van der Waals surface area contributed by atoms with Crippen LogP contribution in [0.3, 0.4) is 0 Å². The van der Waals surface area contributed by atoms with Gasteiger partial charge >= 0.3 is 0 Å². The van der Waals surface area contributed by atoms with E-state index in [9.17, 15) is 23.6 Å². The number of Topliss-reactive ketones (excluding diaryl/α,β-unsaturated/α-hetero) is 1. The molecule has 11 nitrogen and oxygen atoms in total. The standard InChI is InChI=1S/C20H20FN7O4/c1-10(29)27-3-5-28(6-4-27)20(32)18(30)11-8-23-17-15(11)12(21)9-24-16(17)13-7-14(26-25-13)19(31)22-2/h7-9,23H,3-6H2,1-2H3,(H,22,31)(H,25,26). The predicted octanol–water partition coefficient (Wildman–Crippen LogP) is 0.325. The van der Waals surface area contributed by atoms with Crippen LogP contribution in [0.25, 0.3) is 22.3 Å². The highest BCUT2D eigenvalue weighted by Gasteiger charge is 2.30. The van der Waals surface area contributed by atoms with Crippen molar-refractivity contribution in [2.75, 3.05) is 33.2 Å². The van der Waals surface area contributed by atoms with Crippen LogP contribution in [-0.4, -0.2) is 86.7 Å². The number of H-pyrrole nitrogens is 2. The van der Waals surface area contributed by atoms with Gasteiger partial charge < -0.3 is 20.1 Å². The fraction of sp³-hybridized carbons (Fsp3) is 0.300. The zero-order valence-electron chi connectivity index (χ0n) is 17.4. The van der Waals surface area contributed by atoms with Crippen LogP contribution in [-0.2, 0) is 9.59 Å². The quantitative estimate of drug-likeness (QED) is 0.393. The van der Waals surface area contributed by atoms with Crippen LogP contribution in [0.4, 0.5) is 4.39 Å².